The third kappa shape index (κ3) is 4.28. The van der Waals surface area contributed by atoms with Crippen molar-refractivity contribution in [2.75, 3.05) is 12.1 Å². The Morgan fingerprint density at radius 2 is 1.96 bits per heavy atom. The van der Waals surface area contributed by atoms with Crippen LogP contribution in [0, 0.1) is 0 Å². The van der Waals surface area contributed by atoms with Crippen LogP contribution in [0.3, 0.4) is 0 Å². The maximum atomic E-state index is 12.6. The Labute approximate surface area is 161 Å². The van der Waals surface area contributed by atoms with E-state index >= 15 is 0 Å². The van der Waals surface area contributed by atoms with Gasteiger partial charge in [0.25, 0.3) is 5.91 Å². The minimum atomic E-state index is -4.62. The van der Waals surface area contributed by atoms with Gasteiger partial charge in [-0.05, 0) is 31.2 Å². The first-order valence-corrected chi connectivity index (χ1v) is 8.17. The number of rotatable bonds is 4. The Bertz CT molecular complexity index is 935. The van der Waals surface area contributed by atoms with Crippen LogP contribution in [0.5, 0.6) is 11.5 Å². The van der Waals surface area contributed by atoms with Crippen LogP contribution in [-0.4, -0.2) is 29.8 Å². The number of carbonyl (C=O) groups is 2. The van der Waals surface area contributed by atoms with Crippen molar-refractivity contribution in [3.05, 3.63) is 46.6 Å². The van der Waals surface area contributed by atoms with Crippen molar-refractivity contribution in [3.63, 3.8) is 0 Å². The van der Waals surface area contributed by atoms with E-state index in [1.807, 2.05) is 0 Å². The van der Waals surface area contributed by atoms with Gasteiger partial charge in [0.15, 0.2) is 23.4 Å². The lowest BCUT2D eigenvalue weighted by Crippen LogP contribution is -2.30. The van der Waals surface area contributed by atoms with Crippen LogP contribution in [0.25, 0.3) is 0 Å². The number of hydrogen-bond acceptors (Lipinski definition) is 6. The van der Waals surface area contributed by atoms with Gasteiger partial charge >= 0.3 is 12.1 Å². The molecule has 1 amide bonds. The van der Waals surface area contributed by atoms with E-state index in [0.717, 1.165) is 0 Å². The molecule has 0 saturated heterocycles. The average molecular weight is 417 g/mol. The molecule has 1 atom stereocenters. The summed E-state index contributed by atoms with van der Waals surface area (Å²) in [6.45, 7) is 1.33. The average Bonchev–Trinajstić information content (AvgIpc) is 3.10. The van der Waals surface area contributed by atoms with Crippen molar-refractivity contribution in [2.45, 2.75) is 19.2 Å². The summed E-state index contributed by atoms with van der Waals surface area (Å²) in [5.41, 5.74) is -0.924. The van der Waals surface area contributed by atoms with E-state index in [4.69, 9.17) is 25.8 Å². The number of halogens is 4. The minimum Gasteiger partial charge on any atom is -0.454 e. The van der Waals surface area contributed by atoms with Crippen molar-refractivity contribution < 1.29 is 37.0 Å². The largest absolute Gasteiger partial charge is 0.454 e. The van der Waals surface area contributed by atoms with Gasteiger partial charge in [0, 0.05) is 6.20 Å². The smallest absolute Gasteiger partial charge is 0.417 e. The summed E-state index contributed by atoms with van der Waals surface area (Å²) in [5.74, 6) is -1.06. The number of nitrogens with zero attached hydrogens (tertiary/aromatic N) is 1. The molecule has 28 heavy (non-hydrogen) atoms. The van der Waals surface area contributed by atoms with Crippen LogP contribution in [0.15, 0.2) is 30.5 Å². The van der Waals surface area contributed by atoms with Gasteiger partial charge in [-0.25, -0.2) is 9.78 Å². The monoisotopic (exact) mass is 416 g/mol. The molecule has 1 unspecified atom stereocenters. The third-order valence-corrected chi connectivity index (χ3v) is 3.96. The predicted octanol–water partition coefficient (Wildman–Crippen LogP) is 3.67. The summed E-state index contributed by atoms with van der Waals surface area (Å²) in [7, 11) is 0. The van der Waals surface area contributed by atoms with Crippen molar-refractivity contribution in [1.82, 2.24) is 4.98 Å². The van der Waals surface area contributed by atoms with Gasteiger partial charge in [-0.2, -0.15) is 13.2 Å². The molecule has 1 aliphatic rings. The second-order valence-electron chi connectivity index (χ2n) is 5.66. The summed E-state index contributed by atoms with van der Waals surface area (Å²) in [4.78, 5) is 27.8. The first-order chi connectivity index (χ1) is 13.1. The van der Waals surface area contributed by atoms with Gasteiger partial charge in [-0.15, -0.1) is 0 Å². The first kappa shape index (κ1) is 19.7. The number of fused-ring (bicyclic) bond motifs is 1. The molecule has 0 spiro atoms. The van der Waals surface area contributed by atoms with Crippen molar-refractivity contribution in [2.24, 2.45) is 0 Å². The molecule has 0 bridgehead atoms. The van der Waals surface area contributed by atoms with Crippen LogP contribution in [0.2, 0.25) is 5.02 Å². The number of amides is 1. The van der Waals surface area contributed by atoms with Crippen molar-refractivity contribution >= 4 is 29.3 Å². The molecule has 148 valence electrons. The fourth-order valence-electron chi connectivity index (χ4n) is 2.21. The summed E-state index contributed by atoms with van der Waals surface area (Å²) in [5, 5.41) is 1.81. The molecule has 1 aromatic heterocycles. The van der Waals surface area contributed by atoms with E-state index in [2.05, 4.69) is 10.3 Å². The molecule has 2 heterocycles. The lowest BCUT2D eigenvalue weighted by molar-refractivity contribution is -0.137. The molecule has 0 aliphatic carbocycles. The Morgan fingerprint density at radius 3 is 2.64 bits per heavy atom. The molecule has 7 nitrogen and oxygen atoms in total. The van der Waals surface area contributed by atoms with E-state index in [0.29, 0.717) is 23.8 Å². The van der Waals surface area contributed by atoms with Gasteiger partial charge in [0.1, 0.15) is 0 Å². The summed E-state index contributed by atoms with van der Waals surface area (Å²) in [6, 6.07) is 5.00. The van der Waals surface area contributed by atoms with E-state index in [1.54, 1.807) is 0 Å². The molecule has 0 radical (unpaired) electrons. The number of esters is 1. The Kier molecular flexibility index (Phi) is 5.32. The van der Waals surface area contributed by atoms with Crippen LogP contribution < -0.4 is 14.8 Å². The molecule has 1 aliphatic heterocycles. The highest BCUT2D eigenvalue weighted by Gasteiger charge is 2.32. The minimum absolute atomic E-state index is 0.0352. The number of aromatic nitrogens is 1. The number of ether oxygens (including phenoxy) is 3. The van der Waals surface area contributed by atoms with Crippen LogP contribution in [0.1, 0.15) is 22.8 Å². The molecule has 0 fully saturated rings. The maximum Gasteiger partial charge on any atom is 0.417 e. The Hall–Kier alpha value is -3.01. The molecular weight excluding hydrogens is 405 g/mol. The number of anilines is 1. The number of alkyl halides is 3. The second kappa shape index (κ2) is 7.55. The van der Waals surface area contributed by atoms with E-state index in [1.165, 1.54) is 25.1 Å². The Balaban J connectivity index is 1.64. The molecule has 11 heteroatoms. The number of hydrogen-bond donors (Lipinski definition) is 1. The lowest BCUT2D eigenvalue weighted by Gasteiger charge is -2.14. The normalized spacial score (nSPS) is 13.8. The molecular formula is C17H12ClF3N2O5. The SMILES string of the molecule is CC(OC(=O)c1ccc2c(c1)OCO2)C(=O)Nc1ncc(C(F)(F)F)cc1Cl. The van der Waals surface area contributed by atoms with Crippen LogP contribution in [-0.2, 0) is 15.7 Å². The number of pyridine rings is 1. The highest BCUT2D eigenvalue weighted by atomic mass is 35.5. The standard InChI is InChI=1S/C17H12ClF3N2O5/c1-8(28-16(25)9-2-3-12-13(4-9)27-7-26-12)15(24)23-14-11(18)5-10(6-22-14)17(19,20)21/h2-6,8H,7H2,1H3,(H,22,23,24). The molecule has 1 N–H and O–H groups in total. The topological polar surface area (TPSA) is 86.8 Å². The van der Waals surface area contributed by atoms with E-state index in [-0.39, 0.29) is 18.2 Å². The highest BCUT2D eigenvalue weighted by molar-refractivity contribution is 6.33. The maximum absolute atomic E-state index is 12.6. The predicted molar refractivity (Wildman–Crippen MR) is 90.3 cm³/mol. The quantitative estimate of drug-likeness (QED) is 0.765. The zero-order valence-electron chi connectivity index (χ0n) is 14.2. The molecule has 1 aromatic carbocycles. The number of nitrogens with one attached hydrogen (secondary N) is 1. The van der Waals surface area contributed by atoms with E-state index < -0.39 is 34.7 Å². The zero-order valence-corrected chi connectivity index (χ0v) is 14.9. The Morgan fingerprint density at radius 1 is 1.25 bits per heavy atom. The number of benzene rings is 1. The highest BCUT2D eigenvalue weighted by Crippen LogP contribution is 2.33. The van der Waals surface area contributed by atoms with Crippen molar-refractivity contribution in [3.8, 4) is 11.5 Å². The van der Waals surface area contributed by atoms with Crippen molar-refractivity contribution in [1.29, 1.82) is 0 Å². The summed E-state index contributed by atoms with van der Waals surface area (Å²) < 4.78 is 53.2. The van der Waals surface area contributed by atoms with E-state index in [9.17, 15) is 22.8 Å². The second-order valence-corrected chi connectivity index (χ2v) is 6.06. The lowest BCUT2D eigenvalue weighted by atomic mass is 10.2. The molecule has 2 aromatic rings. The fraction of sp³-hybridized carbons (Fsp3) is 0.235. The summed E-state index contributed by atoms with van der Waals surface area (Å²) >= 11 is 5.73. The van der Waals surface area contributed by atoms with Crippen LogP contribution >= 0.6 is 11.6 Å². The van der Waals surface area contributed by atoms with Gasteiger partial charge in [0.2, 0.25) is 6.79 Å². The third-order valence-electron chi connectivity index (χ3n) is 3.67. The van der Waals surface area contributed by atoms with Crippen LogP contribution in [0.4, 0.5) is 19.0 Å². The number of carbonyl (C=O) groups excluding carboxylic acids is 2. The summed E-state index contributed by atoms with van der Waals surface area (Å²) in [6.07, 6.45) is -5.35. The fourth-order valence-corrected chi connectivity index (χ4v) is 2.42. The van der Waals surface area contributed by atoms with Gasteiger partial charge in [-0.1, -0.05) is 11.6 Å². The van der Waals surface area contributed by atoms with Gasteiger partial charge in [-0.3, -0.25) is 4.79 Å². The van der Waals surface area contributed by atoms with Gasteiger partial charge in [0.05, 0.1) is 16.1 Å². The molecule has 3 rings (SSSR count). The first-order valence-electron chi connectivity index (χ1n) is 7.79. The zero-order chi connectivity index (χ0) is 20.5. The molecule has 0 saturated carbocycles. The van der Waals surface area contributed by atoms with Gasteiger partial charge < -0.3 is 19.5 Å².